The van der Waals surface area contributed by atoms with Gasteiger partial charge in [0, 0.05) is 10.1 Å². The molecule has 0 aliphatic carbocycles. The summed E-state index contributed by atoms with van der Waals surface area (Å²) in [4.78, 5) is 1.07. The van der Waals surface area contributed by atoms with Crippen LogP contribution in [0.1, 0.15) is 27.2 Å². The first-order valence-electron chi connectivity index (χ1n) is 6.08. The second-order valence-corrected chi connectivity index (χ2v) is 6.42. The number of hydrogen-bond acceptors (Lipinski definition) is 3. The molecule has 2 atom stereocenters. The molecule has 0 spiro atoms. The van der Waals surface area contributed by atoms with Crippen molar-refractivity contribution < 1.29 is 0 Å². The molecule has 1 aromatic rings. The Bertz CT molecular complexity index is 430. The molecule has 1 N–H and O–H groups in total. The molecule has 0 heterocycles. The maximum atomic E-state index is 9.24. The lowest BCUT2D eigenvalue weighted by atomic mass is 9.98. The van der Waals surface area contributed by atoms with Gasteiger partial charge in [-0.05, 0) is 32.0 Å². The minimum atomic E-state index is -0.470. The monoisotopic (exact) mass is 282 g/mol. The number of hydrogen-bond donors (Lipinski definition) is 1. The fraction of sp³-hybridized carbons (Fsp3) is 0.500. The Morgan fingerprint density at radius 3 is 2.72 bits per heavy atom. The van der Waals surface area contributed by atoms with Crippen LogP contribution in [-0.4, -0.2) is 17.3 Å². The zero-order valence-corrected chi connectivity index (χ0v) is 12.6. The molecule has 0 aromatic heterocycles. The lowest BCUT2D eigenvalue weighted by molar-refractivity contribution is 0.429. The van der Waals surface area contributed by atoms with E-state index in [0.717, 1.165) is 22.9 Å². The highest BCUT2D eigenvalue weighted by Gasteiger charge is 2.25. The van der Waals surface area contributed by atoms with Gasteiger partial charge in [-0.3, -0.25) is 5.32 Å². The summed E-state index contributed by atoms with van der Waals surface area (Å²) in [5.41, 5.74) is -0.470. The Labute approximate surface area is 119 Å². The number of halogens is 1. The molecule has 0 fully saturated rings. The van der Waals surface area contributed by atoms with Crippen molar-refractivity contribution in [3.05, 3.63) is 29.3 Å². The molecule has 2 unspecified atom stereocenters. The van der Waals surface area contributed by atoms with Crippen LogP contribution in [0.4, 0.5) is 0 Å². The minimum Gasteiger partial charge on any atom is -0.300 e. The third-order valence-electron chi connectivity index (χ3n) is 2.67. The van der Waals surface area contributed by atoms with Crippen molar-refractivity contribution in [2.24, 2.45) is 0 Å². The molecule has 0 aliphatic rings. The van der Waals surface area contributed by atoms with Crippen LogP contribution in [0.25, 0.3) is 0 Å². The fourth-order valence-electron chi connectivity index (χ4n) is 1.92. The van der Waals surface area contributed by atoms with Gasteiger partial charge in [0.2, 0.25) is 0 Å². The normalized spacial score (nSPS) is 15.7. The SMILES string of the molecule is CCNC(C)(C#N)CC(C)Sc1ccccc1Cl. The quantitative estimate of drug-likeness (QED) is 0.798. The Balaban J connectivity index is 2.64. The third kappa shape index (κ3) is 4.53. The molecule has 0 saturated heterocycles. The second-order valence-electron chi connectivity index (χ2n) is 4.54. The summed E-state index contributed by atoms with van der Waals surface area (Å²) in [5.74, 6) is 0. The predicted octanol–water partition coefficient (Wildman–Crippen LogP) is 4.10. The van der Waals surface area contributed by atoms with Crippen molar-refractivity contribution in [2.75, 3.05) is 6.54 Å². The molecule has 0 bridgehead atoms. The number of rotatable bonds is 6. The van der Waals surface area contributed by atoms with Gasteiger partial charge in [0.15, 0.2) is 0 Å². The first-order chi connectivity index (χ1) is 8.50. The lowest BCUT2D eigenvalue weighted by Crippen LogP contribution is -2.42. The number of nitriles is 1. The average Bonchev–Trinajstić information content (AvgIpc) is 2.32. The van der Waals surface area contributed by atoms with Gasteiger partial charge in [-0.25, -0.2) is 0 Å². The topological polar surface area (TPSA) is 35.8 Å². The van der Waals surface area contributed by atoms with Gasteiger partial charge in [-0.2, -0.15) is 5.26 Å². The van der Waals surface area contributed by atoms with E-state index in [4.69, 9.17) is 11.6 Å². The third-order valence-corrected chi connectivity index (χ3v) is 4.29. The highest BCUT2D eigenvalue weighted by molar-refractivity contribution is 8.00. The first kappa shape index (κ1) is 15.4. The van der Waals surface area contributed by atoms with E-state index < -0.39 is 5.54 Å². The van der Waals surface area contributed by atoms with Crippen molar-refractivity contribution in [1.82, 2.24) is 5.32 Å². The van der Waals surface area contributed by atoms with Crippen LogP contribution in [-0.2, 0) is 0 Å². The predicted molar refractivity (Wildman–Crippen MR) is 79.1 cm³/mol. The summed E-state index contributed by atoms with van der Waals surface area (Å²) in [6.07, 6.45) is 0.785. The molecule has 0 amide bonds. The number of benzene rings is 1. The zero-order valence-electron chi connectivity index (χ0n) is 11.0. The number of nitrogens with one attached hydrogen (secondary N) is 1. The van der Waals surface area contributed by atoms with Crippen LogP contribution in [0.3, 0.4) is 0 Å². The van der Waals surface area contributed by atoms with E-state index in [1.807, 2.05) is 38.1 Å². The molecule has 4 heteroatoms. The van der Waals surface area contributed by atoms with Crippen LogP contribution in [0.15, 0.2) is 29.2 Å². The Morgan fingerprint density at radius 2 is 2.17 bits per heavy atom. The Kier molecular flexibility index (Phi) is 6.01. The van der Waals surface area contributed by atoms with Crippen LogP contribution >= 0.6 is 23.4 Å². The standard InChI is InChI=1S/C14H19ClN2S/c1-4-17-14(3,10-16)9-11(2)18-13-8-6-5-7-12(13)15/h5-8,11,17H,4,9H2,1-3H3. The Morgan fingerprint density at radius 1 is 1.50 bits per heavy atom. The van der Waals surface area contributed by atoms with Gasteiger partial charge in [0.05, 0.1) is 11.1 Å². The zero-order chi connectivity index (χ0) is 13.6. The maximum Gasteiger partial charge on any atom is 0.104 e. The fourth-order valence-corrected chi connectivity index (χ4v) is 3.38. The smallest absolute Gasteiger partial charge is 0.104 e. The molecule has 1 rings (SSSR count). The summed E-state index contributed by atoms with van der Waals surface area (Å²) in [6.45, 7) is 6.89. The van der Waals surface area contributed by atoms with E-state index in [0.29, 0.717) is 5.25 Å². The highest BCUT2D eigenvalue weighted by Crippen LogP contribution is 2.33. The van der Waals surface area contributed by atoms with Crippen molar-refractivity contribution in [3.8, 4) is 6.07 Å². The number of nitrogens with zero attached hydrogens (tertiary/aromatic N) is 1. The number of thioether (sulfide) groups is 1. The molecule has 0 aliphatic heterocycles. The summed E-state index contributed by atoms with van der Waals surface area (Å²) in [7, 11) is 0. The molecule has 18 heavy (non-hydrogen) atoms. The van der Waals surface area contributed by atoms with Crippen molar-refractivity contribution in [2.45, 2.75) is 42.9 Å². The van der Waals surface area contributed by atoms with E-state index >= 15 is 0 Å². The van der Waals surface area contributed by atoms with Crippen molar-refractivity contribution in [3.63, 3.8) is 0 Å². The van der Waals surface area contributed by atoms with Gasteiger partial charge < -0.3 is 0 Å². The van der Waals surface area contributed by atoms with Crippen molar-refractivity contribution in [1.29, 1.82) is 5.26 Å². The molecular formula is C14H19ClN2S. The largest absolute Gasteiger partial charge is 0.300 e. The van der Waals surface area contributed by atoms with E-state index in [-0.39, 0.29) is 0 Å². The first-order valence-corrected chi connectivity index (χ1v) is 7.34. The molecule has 1 aromatic carbocycles. The van der Waals surface area contributed by atoms with Gasteiger partial charge in [-0.15, -0.1) is 11.8 Å². The minimum absolute atomic E-state index is 0.327. The van der Waals surface area contributed by atoms with Crippen LogP contribution < -0.4 is 5.32 Å². The molecule has 0 radical (unpaired) electrons. The average molecular weight is 283 g/mol. The van der Waals surface area contributed by atoms with E-state index in [9.17, 15) is 5.26 Å². The molecular weight excluding hydrogens is 264 g/mol. The van der Waals surface area contributed by atoms with Gasteiger partial charge in [0.25, 0.3) is 0 Å². The summed E-state index contributed by atoms with van der Waals surface area (Å²) < 4.78 is 0. The summed E-state index contributed by atoms with van der Waals surface area (Å²) >= 11 is 7.85. The Hall–Kier alpha value is -0.690. The van der Waals surface area contributed by atoms with Gasteiger partial charge in [0.1, 0.15) is 5.54 Å². The molecule has 2 nitrogen and oxygen atoms in total. The van der Waals surface area contributed by atoms with Crippen LogP contribution in [0.2, 0.25) is 5.02 Å². The second kappa shape index (κ2) is 7.04. The van der Waals surface area contributed by atoms with E-state index in [1.54, 1.807) is 11.8 Å². The van der Waals surface area contributed by atoms with Gasteiger partial charge in [-0.1, -0.05) is 37.6 Å². The van der Waals surface area contributed by atoms with E-state index in [2.05, 4.69) is 18.3 Å². The molecule has 0 saturated carbocycles. The van der Waals surface area contributed by atoms with Crippen molar-refractivity contribution >= 4 is 23.4 Å². The van der Waals surface area contributed by atoms with E-state index in [1.165, 1.54) is 0 Å². The summed E-state index contributed by atoms with van der Waals surface area (Å²) in [6, 6.07) is 10.2. The molecule has 98 valence electrons. The highest BCUT2D eigenvalue weighted by atomic mass is 35.5. The van der Waals surface area contributed by atoms with Gasteiger partial charge >= 0.3 is 0 Å². The van der Waals surface area contributed by atoms with Crippen LogP contribution in [0, 0.1) is 11.3 Å². The lowest BCUT2D eigenvalue weighted by Gasteiger charge is -2.26. The van der Waals surface area contributed by atoms with Crippen LogP contribution in [0.5, 0.6) is 0 Å². The summed E-state index contributed by atoms with van der Waals surface area (Å²) in [5, 5.41) is 13.6. The maximum absolute atomic E-state index is 9.24.